The maximum Gasteiger partial charge on any atom is 0.193 e. The molecule has 1 saturated heterocycles. The standard InChI is InChI=1S/C19H31N3OS/c1-20-18(22(2)13-16-8-11-23-14-16)21-15-19(9-4-3-5-10-19)17-7-6-12-24-17/h6-7,12,16H,3-5,8-11,13-15H2,1-2H3,(H,20,21). The summed E-state index contributed by atoms with van der Waals surface area (Å²) >= 11 is 1.91. The van der Waals surface area contributed by atoms with Crippen LogP contribution >= 0.6 is 11.3 Å². The molecule has 1 N–H and O–H groups in total. The number of rotatable bonds is 5. The van der Waals surface area contributed by atoms with Gasteiger partial charge in [0, 0.05) is 50.0 Å². The highest BCUT2D eigenvalue weighted by molar-refractivity contribution is 7.10. The van der Waals surface area contributed by atoms with Crippen LogP contribution in [0.1, 0.15) is 43.4 Å². The summed E-state index contributed by atoms with van der Waals surface area (Å²) in [5.74, 6) is 1.65. The number of guanidine groups is 1. The average molecular weight is 350 g/mol. The molecule has 4 nitrogen and oxygen atoms in total. The van der Waals surface area contributed by atoms with Gasteiger partial charge in [-0.25, -0.2) is 0 Å². The third-order valence-electron chi connectivity index (χ3n) is 5.57. The SMILES string of the molecule is CN=C(NCC1(c2cccs2)CCCCC1)N(C)CC1CCOC1. The molecule has 2 fully saturated rings. The van der Waals surface area contributed by atoms with Crippen LogP contribution in [0.15, 0.2) is 22.5 Å². The highest BCUT2D eigenvalue weighted by Crippen LogP contribution is 2.41. The molecule has 1 atom stereocenters. The zero-order valence-electron chi connectivity index (χ0n) is 15.1. The number of nitrogens with one attached hydrogen (secondary N) is 1. The number of aliphatic imine (C=N–C) groups is 1. The third kappa shape index (κ3) is 4.12. The minimum atomic E-state index is 0.291. The summed E-state index contributed by atoms with van der Waals surface area (Å²) in [5.41, 5.74) is 0.291. The van der Waals surface area contributed by atoms with Crippen LogP contribution < -0.4 is 5.32 Å². The Morgan fingerprint density at radius 2 is 2.25 bits per heavy atom. The van der Waals surface area contributed by atoms with Gasteiger partial charge in [0.05, 0.1) is 6.61 Å². The maximum atomic E-state index is 5.51. The van der Waals surface area contributed by atoms with Crippen molar-refractivity contribution in [1.82, 2.24) is 10.2 Å². The topological polar surface area (TPSA) is 36.9 Å². The van der Waals surface area contributed by atoms with Crippen molar-refractivity contribution in [2.24, 2.45) is 10.9 Å². The molecular formula is C19H31N3OS. The Bertz CT molecular complexity index is 517. The molecule has 0 spiro atoms. The predicted octanol–water partition coefficient (Wildman–Crippen LogP) is 3.49. The predicted molar refractivity (Wildman–Crippen MR) is 102 cm³/mol. The number of nitrogens with zero attached hydrogens (tertiary/aromatic N) is 2. The van der Waals surface area contributed by atoms with Crippen molar-refractivity contribution in [3.63, 3.8) is 0 Å². The van der Waals surface area contributed by atoms with E-state index in [4.69, 9.17) is 4.74 Å². The molecule has 0 bridgehead atoms. The van der Waals surface area contributed by atoms with Crippen molar-refractivity contribution in [2.45, 2.75) is 43.9 Å². The molecule has 1 aliphatic heterocycles. The van der Waals surface area contributed by atoms with Crippen LogP contribution in [-0.2, 0) is 10.2 Å². The number of hydrogen-bond acceptors (Lipinski definition) is 3. The lowest BCUT2D eigenvalue weighted by molar-refractivity contribution is 0.181. The highest BCUT2D eigenvalue weighted by Gasteiger charge is 2.35. The van der Waals surface area contributed by atoms with E-state index in [2.05, 4.69) is 39.8 Å². The molecule has 1 saturated carbocycles. The van der Waals surface area contributed by atoms with E-state index >= 15 is 0 Å². The molecule has 24 heavy (non-hydrogen) atoms. The Morgan fingerprint density at radius 3 is 2.88 bits per heavy atom. The minimum absolute atomic E-state index is 0.291. The lowest BCUT2D eigenvalue weighted by Gasteiger charge is -2.38. The van der Waals surface area contributed by atoms with Crippen molar-refractivity contribution in [1.29, 1.82) is 0 Å². The van der Waals surface area contributed by atoms with Gasteiger partial charge in [-0.2, -0.15) is 0 Å². The van der Waals surface area contributed by atoms with Gasteiger partial charge in [0.1, 0.15) is 0 Å². The van der Waals surface area contributed by atoms with Gasteiger partial charge in [-0.05, 0) is 30.7 Å². The van der Waals surface area contributed by atoms with Crippen LogP contribution in [0.3, 0.4) is 0 Å². The lowest BCUT2D eigenvalue weighted by Crippen LogP contribution is -2.47. The summed E-state index contributed by atoms with van der Waals surface area (Å²) in [6, 6.07) is 4.51. The summed E-state index contributed by atoms with van der Waals surface area (Å²) < 4.78 is 5.51. The molecule has 0 aromatic carbocycles. The molecule has 1 aromatic heterocycles. The van der Waals surface area contributed by atoms with E-state index in [1.165, 1.54) is 43.4 Å². The second kappa shape index (κ2) is 8.34. The molecule has 1 unspecified atom stereocenters. The minimum Gasteiger partial charge on any atom is -0.381 e. The molecule has 134 valence electrons. The summed E-state index contributed by atoms with van der Waals surface area (Å²) in [6.45, 7) is 3.81. The van der Waals surface area contributed by atoms with Crippen molar-refractivity contribution >= 4 is 17.3 Å². The van der Waals surface area contributed by atoms with Gasteiger partial charge in [-0.3, -0.25) is 4.99 Å². The normalized spacial score (nSPS) is 24.1. The van der Waals surface area contributed by atoms with Crippen LogP contribution in [0.2, 0.25) is 0 Å². The first-order chi connectivity index (χ1) is 11.7. The zero-order chi connectivity index (χ0) is 16.8. The van der Waals surface area contributed by atoms with Gasteiger partial charge in [0.2, 0.25) is 0 Å². The third-order valence-corrected chi connectivity index (χ3v) is 6.69. The average Bonchev–Trinajstić information content (AvgIpc) is 3.30. The van der Waals surface area contributed by atoms with Crippen LogP contribution in [0.5, 0.6) is 0 Å². The molecule has 0 radical (unpaired) electrons. The van der Waals surface area contributed by atoms with Gasteiger partial charge in [0.15, 0.2) is 5.96 Å². The van der Waals surface area contributed by atoms with Crippen molar-refractivity contribution in [3.8, 4) is 0 Å². The van der Waals surface area contributed by atoms with Gasteiger partial charge in [0.25, 0.3) is 0 Å². The molecule has 1 aromatic rings. The fourth-order valence-electron chi connectivity index (χ4n) is 4.15. The first-order valence-corrected chi connectivity index (χ1v) is 10.1. The van der Waals surface area contributed by atoms with E-state index in [1.54, 1.807) is 0 Å². The van der Waals surface area contributed by atoms with Crippen LogP contribution in [0.25, 0.3) is 0 Å². The fraction of sp³-hybridized carbons (Fsp3) is 0.737. The van der Waals surface area contributed by atoms with Gasteiger partial charge >= 0.3 is 0 Å². The molecule has 0 amide bonds. The van der Waals surface area contributed by atoms with E-state index in [0.717, 1.165) is 32.3 Å². The quantitative estimate of drug-likeness (QED) is 0.653. The second-order valence-corrected chi connectivity index (χ2v) is 8.28. The Labute approximate surface area is 150 Å². The summed E-state index contributed by atoms with van der Waals surface area (Å²) in [5, 5.41) is 5.90. The fourth-order valence-corrected chi connectivity index (χ4v) is 5.14. The summed E-state index contributed by atoms with van der Waals surface area (Å²) in [6.07, 6.45) is 7.81. The molecule has 5 heteroatoms. The Hall–Kier alpha value is -1.07. The molecule has 2 heterocycles. The van der Waals surface area contributed by atoms with E-state index in [-0.39, 0.29) is 0 Å². The van der Waals surface area contributed by atoms with E-state index in [9.17, 15) is 0 Å². The second-order valence-electron chi connectivity index (χ2n) is 7.33. The summed E-state index contributed by atoms with van der Waals surface area (Å²) in [7, 11) is 4.04. The van der Waals surface area contributed by atoms with Gasteiger partial charge in [-0.1, -0.05) is 25.3 Å². The Morgan fingerprint density at radius 1 is 1.42 bits per heavy atom. The van der Waals surface area contributed by atoms with Gasteiger partial charge in [-0.15, -0.1) is 11.3 Å². The maximum absolute atomic E-state index is 5.51. The highest BCUT2D eigenvalue weighted by atomic mass is 32.1. The van der Waals surface area contributed by atoms with Crippen molar-refractivity contribution in [2.75, 3.05) is 40.4 Å². The number of ether oxygens (including phenoxy) is 1. The van der Waals surface area contributed by atoms with Crippen molar-refractivity contribution < 1.29 is 4.74 Å². The van der Waals surface area contributed by atoms with Crippen molar-refractivity contribution in [3.05, 3.63) is 22.4 Å². The van der Waals surface area contributed by atoms with Crippen LogP contribution in [-0.4, -0.2) is 51.3 Å². The molecule has 3 rings (SSSR count). The zero-order valence-corrected chi connectivity index (χ0v) is 15.9. The van der Waals surface area contributed by atoms with E-state index < -0.39 is 0 Å². The summed E-state index contributed by atoms with van der Waals surface area (Å²) in [4.78, 5) is 8.33. The number of hydrogen-bond donors (Lipinski definition) is 1. The van der Waals surface area contributed by atoms with E-state index in [0.29, 0.717) is 11.3 Å². The molecule has 1 aliphatic carbocycles. The van der Waals surface area contributed by atoms with Crippen LogP contribution in [0.4, 0.5) is 0 Å². The lowest BCUT2D eigenvalue weighted by atomic mass is 9.73. The van der Waals surface area contributed by atoms with E-state index in [1.807, 2.05) is 18.4 Å². The monoisotopic (exact) mass is 349 g/mol. The molecular weight excluding hydrogens is 318 g/mol. The molecule has 2 aliphatic rings. The first-order valence-electron chi connectivity index (χ1n) is 9.27. The smallest absolute Gasteiger partial charge is 0.193 e. The largest absolute Gasteiger partial charge is 0.381 e. The first kappa shape index (κ1) is 17.7. The van der Waals surface area contributed by atoms with Gasteiger partial charge < -0.3 is 15.0 Å². The number of thiophene rings is 1. The Kier molecular flexibility index (Phi) is 6.17. The Balaban J connectivity index is 1.62. The van der Waals surface area contributed by atoms with Crippen LogP contribution in [0, 0.1) is 5.92 Å².